The predicted molar refractivity (Wildman–Crippen MR) is 82.9 cm³/mol. The zero-order valence-electron chi connectivity index (χ0n) is 12.0. The molecule has 0 atom stereocenters. The molecule has 0 aliphatic rings. The Bertz CT molecular complexity index is 702. The lowest BCUT2D eigenvalue weighted by molar-refractivity contribution is -0.137. The first-order valence-corrected chi connectivity index (χ1v) is 7.07. The highest BCUT2D eigenvalue weighted by atomic mass is 35.5. The molecule has 4 nitrogen and oxygen atoms in total. The highest BCUT2D eigenvalue weighted by molar-refractivity contribution is 6.31. The van der Waals surface area contributed by atoms with Crippen molar-refractivity contribution in [2.75, 3.05) is 10.6 Å². The first-order valence-electron chi connectivity index (χ1n) is 6.69. The molecule has 0 unspecified atom stereocenters. The van der Waals surface area contributed by atoms with Gasteiger partial charge in [0.15, 0.2) is 0 Å². The summed E-state index contributed by atoms with van der Waals surface area (Å²) in [6.07, 6.45) is -2.79. The van der Waals surface area contributed by atoms with Crippen molar-refractivity contribution in [2.24, 2.45) is 0 Å². The van der Waals surface area contributed by atoms with Crippen molar-refractivity contribution in [3.05, 3.63) is 47.1 Å². The van der Waals surface area contributed by atoms with E-state index in [9.17, 15) is 18.0 Å². The van der Waals surface area contributed by atoms with E-state index < -0.39 is 11.7 Å². The van der Waals surface area contributed by atoms with Crippen molar-refractivity contribution in [3.8, 4) is 0 Å². The number of amides is 1. The molecule has 0 saturated carbocycles. The second kappa shape index (κ2) is 6.87. The number of alkyl halides is 3. The molecule has 1 heterocycles. The summed E-state index contributed by atoms with van der Waals surface area (Å²) in [5.41, 5.74) is -0.201. The molecule has 2 rings (SSSR count). The van der Waals surface area contributed by atoms with Gasteiger partial charge in [-0.1, -0.05) is 18.5 Å². The summed E-state index contributed by atoms with van der Waals surface area (Å²) >= 11 is 5.57. The van der Waals surface area contributed by atoms with Crippen LogP contribution in [0.15, 0.2) is 36.5 Å². The normalized spacial score (nSPS) is 11.2. The molecule has 0 aliphatic heterocycles. The van der Waals surface area contributed by atoms with E-state index in [2.05, 4.69) is 15.6 Å². The maximum Gasteiger partial charge on any atom is 0.417 e. The molecule has 8 heteroatoms. The summed E-state index contributed by atoms with van der Waals surface area (Å²) in [5.74, 6) is 0.195. The van der Waals surface area contributed by atoms with Crippen molar-refractivity contribution >= 4 is 34.7 Å². The predicted octanol–water partition coefficient (Wildman–Crippen LogP) is 4.85. The Kier molecular flexibility index (Phi) is 5.10. The Morgan fingerprint density at radius 2 is 1.91 bits per heavy atom. The van der Waals surface area contributed by atoms with Gasteiger partial charge in [0.25, 0.3) is 0 Å². The number of carbonyl (C=O) groups excluding carboxylic acids is 1. The number of nitrogens with one attached hydrogen (secondary N) is 2. The summed E-state index contributed by atoms with van der Waals surface area (Å²) in [4.78, 5) is 15.2. The lowest BCUT2D eigenvalue weighted by Gasteiger charge is -2.12. The molecule has 23 heavy (non-hydrogen) atoms. The van der Waals surface area contributed by atoms with E-state index in [1.807, 2.05) is 0 Å². The molecule has 1 aromatic heterocycles. The first-order chi connectivity index (χ1) is 10.8. The van der Waals surface area contributed by atoms with Gasteiger partial charge < -0.3 is 10.6 Å². The van der Waals surface area contributed by atoms with Gasteiger partial charge >= 0.3 is 6.18 Å². The molecule has 0 fully saturated rings. The van der Waals surface area contributed by atoms with Crippen LogP contribution in [0.4, 0.5) is 30.4 Å². The van der Waals surface area contributed by atoms with Gasteiger partial charge in [0.05, 0.1) is 22.5 Å². The fourth-order valence-electron chi connectivity index (χ4n) is 1.76. The van der Waals surface area contributed by atoms with E-state index in [1.54, 1.807) is 19.1 Å². The average molecular weight is 344 g/mol. The van der Waals surface area contributed by atoms with Gasteiger partial charge in [-0.25, -0.2) is 4.98 Å². The Hall–Kier alpha value is -2.28. The van der Waals surface area contributed by atoms with Crippen molar-refractivity contribution in [1.29, 1.82) is 0 Å². The second-order valence-corrected chi connectivity index (χ2v) is 5.06. The number of hydrogen-bond donors (Lipinski definition) is 2. The fraction of sp³-hybridized carbons (Fsp3) is 0.200. The zero-order valence-corrected chi connectivity index (χ0v) is 12.8. The summed E-state index contributed by atoms with van der Waals surface area (Å²) in [5, 5.41) is 5.02. The van der Waals surface area contributed by atoms with Crippen LogP contribution in [0.3, 0.4) is 0 Å². The van der Waals surface area contributed by atoms with E-state index in [4.69, 9.17) is 11.6 Å². The number of benzene rings is 1. The van der Waals surface area contributed by atoms with Crippen molar-refractivity contribution in [3.63, 3.8) is 0 Å². The molecule has 2 N–H and O–H groups in total. The van der Waals surface area contributed by atoms with E-state index in [0.29, 0.717) is 17.9 Å². The zero-order chi connectivity index (χ0) is 17.0. The molecule has 0 bridgehead atoms. The Morgan fingerprint density at radius 1 is 1.22 bits per heavy atom. The van der Waals surface area contributed by atoms with Gasteiger partial charge in [-0.15, -0.1) is 0 Å². The second-order valence-electron chi connectivity index (χ2n) is 4.65. The fourth-order valence-corrected chi connectivity index (χ4v) is 1.98. The first kappa shape index (κ1) is 17.1. The van der Waals surface area contributed by atoms with E-state index in [-0.39, 0.29) is 16.6 Å². The van der Waals surface area contributed by atoms with Crippen molar-refractivity contribution in [2.45, 2.75) is 19.5 Å². The number of anilines is 3. The average Bonchev–Trinajstić information content (AvgIpc) is 2.50. The topological polar surface area (TPSA) is 54.0 Å². The number of carbonyl (C=O) groups is 1. The van der Waals surface area contributed by atoms with E-state index in [1.165, 1.54) is 18.3 Å². The number of aromatic nitrogens is 1. The highest BCUT2D eigenvalue weighted by Gasteiger charge is 2.33. The Morgan fingerprint density at radius 3 is 2.48 bits per heavy atom. The molecule has 1 aromatic carbocycles. The largest absolute Gasteiger partial charge is 0.417 e. The van der Waals surface area contributed by atoms with Gasteiger partial charge in [0.1, 0.15) is 5.82 Å². The number of pyridine rings is 1. The van der Waals surface area contributed by atoms with Crippen molar-refractivity contribution in [1.82, 2.24) is 4.98 Å². The van der Waals surface area contributed by atoms with Crippen LogP contribution in [0.2, 0.25) is 5.02 Å². The van der Waals surface area contributed by atoms with Crippen LogP contribution in [-0.4, -0.2) is 10.9 Å². The molecule has 2 aromatic rings. The van der Waals surface area contributed by atoms with Gasteiger partial charge in [-0.05, 0) is 30.3 Å². The maximum absolute atomic E-state index is 12.8. The number of nitrogens with zero attached hydrogens (tertiary/aromatic N) is 1. The third kappa shape index (κ3) is 4.59. The monoisotopic (exact) mass is 343 g/mol. The third-order valence-corrected chi connectivity index (χ3v) is 3.24. The Labute approximate surface area is 135 Å². The molecule has 122 valence electrons. The van der Waals surface area contributed by atoms with Gasteiger partial charge in [0.2, 0.25) is 5.91 Å². The molecule has 0 aliphatic carbocycles. The van der Waals surface area contributed by atoms with Crippen LogP contribution in [-0.2, 0) is 11.0 Å². The summed E-state index contributed by atoms with van der Waals surface area (Å²) in [7, 11) is 0. The smallest absolute Gasteiger partial charge is 0.354 e. The lowest BCUT2D eigenvalue weighted by Crippen LogP contribution is -2.10. The van der Waals surface area contributed by atoms with Gasteiger partial charge in [0, 0.05) is 12.1 Å². The standard InChI is InChI=1S/C15H13ClF3N3O/c1-2-14(23)22-13-6-4-10(8-20-13)21-9-3-5-12(16)11(7-9)15(17,18)19/h3-8,21H,2H2,1H3,(H,20,22,23). The number of hydrogen-bond acceptors (Lipinski definition) is 3. The molecule has 0 spiro atoms. The minimum atomic E-state index is -4.53. The maximum atomic E-state index is 12.8. The van der Waals surface area contributed by atoms with Gasteiger partial charge in [-0.3, -0.25) is 4.79 Å². The number of rotatable bonds is 4. The van der Waals surface area contributed by atoms with Crippen LogP contribution in [0.25, 0.3) is 0 Å². The van der Waals surface area contributed by atoms with Crippen LogP contribution >= 0.6 is 11.6 Å². The van der Waals surface area contributed by atoms with Gasteiger partial charge in [-0.2, -0.15) is 13.2 Å². The van der Waals surface area contributed by atoms with E-state index in [0.717, 1.165) is 6.07 Å². The summed E-state index contributed by atoms with van der Waals surface area (Å²) < 4.78 is 38.4. The minimum Gasteiger partial charge on any atom is -0.354 e. The molecule has 1 amide bonds. The van der Waals surface area contributed by atoms with Crippen LogP contribution < -0.4 is 10.6 Å². The highest BCUT2D eigenvalue weighted by Crippen LogP contribution is 2.36. The summed E-state index contributed by atoms with van der Waals surface area (Å²) in [6.45, 7) is 1.71. The van der Waals surface area contributed by atoms with E-state index >= 15 is 0 Å². The number of halogens is 4. The van der Waals surface area contributed by atoms with Crippen LogP contribution in [0, 0.1) is 0 Å². The molecule has 0 radical (unpaired) electrons. The SMILES string of the molecule is CCC(=O)Nc1ccc(Nc2ccc(Cl)c(C(F)(F)F)c2)cn1. The van der Waals surface area contributed by atoms with Crippen LogP contribution in [0.5, 0.6) is 0 Å². The molecule has 0 saturated heterocycles. The lowest BCUT2D eigenvalue weighted by atomic mass is 10.2. The third-order valence-electron chi connectivity index (χ3n) is 2.91. The molecular formula is C15H13ClF3N3O. The Balaban J connectivity index is 2.15. The minimum absolute atomic E-state index is 0.175. The summed E-state index contributed by atoms with van der Waals surface area (Å²) in [6, 6.07) is 6.69. The quantitative estimate of drug-likeness (QED) is 0.834. The molecular weight excluding hydrogens is 331 g/mol. The van der Waals surface area contributed by atoms with Crippen LogP contribution in [0.1, 0.15) is 18.9 Å². The van der Waals surface area contributed by atoms with Crippen molar-refractivity contribution < 1.29 is 18.0 Å².